The van der Waals surface area contributed by atoms with Crippen molar-refractivity contribution in [2.24, 2.45) is 5.92 Å². The van der Waals surface area contributed by atoms with Crippen LogP contribution in [0.2, 0.25) is 5.02 Å². The van der Waals surface area contributed by atoms with Crippen LogP contribution in [-0.2, 0) is 23.9 Å². The van der Waals surface area contributed by atoms with E-state index in [2.05, 4.69) is 26.3 Å². The molecule has 15 heteroatoms. The molecule has 4 heterocycles. The van der Waals surface area contributed by atoms with Gasteiger partial charge in [-0.3, -0.25) is 9.78 Å². The van der Waals surface area contributed by atoms with E-state index in [1.165, 1.54) is 17.7 Å². The fourth-order valence-corrected chi connectivity index (χ4v) is 5.98. The molecule has 1 aliphatic carbocycles. The fourth-order valence-electron chi connectivity index (χ4n) is 5.72. The summed E-state index contributed by atoms with van der Waals surface area (Å²) >= 11 is 5.95. The molecule has 1 amide bonds. The molecular formula is C29H33ClF4N8O2. The van der Waals surface area contributed by atoms with Gasteiger partial charge in [-0.05, 0) is 32.2 Å². The third-order valence-electron chi connectivity index (χ3n) is 8.07. The highest BCUT2D eigenvalue weighted by molar-refractivity contribution is 6.31. The van der Waals surface area contributed by atoms with Crippen molar-refractivity contribution in [3.63, 3.8) is 0 Å². The Labute approximate surface area is 258 Å². The van der Waals surface area contributed by atoms with Crippen LogP contribution in [-0.4, -0.2) is 96.2 Å². The summed E-state index contributed by atoms with van der Waals surface area (Å²) in [6.45, 7) is 13.2. The zero-order valence-electron chi connectivity index (χ0n) is 24.3. The fraction of sp³-hybridized carbons (Fsp3) is 0.552. The number of hydrogen-bond donors (Lipinski definition) is 0. The van der Waals surface area contributed by atoms with E-state index < -0.39 is 34.5 Å². The second-order valence-electron chi connectivity index (χ2n) is 11.3. The normalized spacial score (nSPS) is 18.7. The van der Waals surface area contributed by atoms with E-state index in [1.807, 2.05) is 11.9 Å². The predicted molar refractivity (Wildman–Crippen MR) is 156 cm³/mol. The van der Waals surface area contributed by atoms with E-state index in [-0.39, 0.29) is 44.4 Å². The minimum atomic E-state index is -4.69. The molecule has 0 aromatic carbocycles. The smallest absolute Gasteiger partial charge is 0.419 e. The van der Waals surface area contributed by atoms with Crippen LogP contribution in [0.15, 0.2) is 24.8 Å². The van der Waals surface area contributed by atoms with E-state index in [9.17, 15) is 22.4 Å². The van der Waals surface area contributed by atoms with Gasteiger partial charge in [-0.25, -0.2) is 11.0 Å². The topological polar surface area (TPSA) is 82.3 Å². The standard InChI is InChI=1S/C29H33ClF4N8O2/c1-18(31)27(43)42-9-8-41(16-20(42)12-35-2)26-21-6-7-40(24-14-36-13-22(30)25(24)29(32,33)34)17-23(21)37-28(38-26)44-11-10-39(3)15-19-4-5-19/h13-14,19-20H,1,4-12,15-17H2,3H3/t20-/m0/s1. The quantitative estimate of drug-likeness (QED) is 0.218. The first-order valence-corrected chi connectivity index (χ1v) is 14.7. The number of nitrogens with zero attached hydrogens (tertiary/aromatic N) is 8. The molecule has 10 nitrogen and oxygen atoms in total. The molecule has 5 rings (SSSR count). The number of halogens is 5. The summed E-state index contributed by atoms with van der Waals surface area (Å²) in [5.41, 5.74) is 0.127. The first-order chi connectivity index (χ1) is 21.0. The Kier molecular flexibility index (Phi) is 9.45. The number of amides is 1. The molecule has 3 aliphatic rings. The molecule has 2 aliphatic heterocycles. The summed E-state index contributed by atoms with van der Waals surface area (Å²) in [4.78, 5) is 36.1. The van der Waals surface area contributed by atoms with Crippen LogP contribution in [0.5, 0.6) is 6.01 Å². The summed E-state index contributed by atoms with van der Waals surface area (Å²) in [7, 11) is 2.01. The third kappa shape index (κ3) is 7.15. The summed E-state index contributed by atoms with van der Waals surface area (Å²) in [5.74, 6) is -0.710. The molecule has 44 heavy (non-hydrogen) atoms. The monoisotopic (exact) mass is 636 g/mol. The van der Waals surface area contributed by atoms with E-state index in [4.69, 9.17) is 27.9 Å². The Hall–Kier alpha value is -3.70. The van der Waals surface area contributed by atoms with Crippen molar-refractivity contribution in [3.8, 4) is 6.01 Å². The number of anilines is 2. The predicted octanol–water partition coefficient (Wildman–Crippen LogP) is 4.25. The van der Waals surface area contributed by atoms with Crippen molar-refractivity contribution in [2.75, 3.05) is 69.3 Å². The van der Waals surface area contributed by atoms with Crippen LogP contribution in [0, 0.1) is 12.5 Å². The average Bonchev–Trinajstić information content (AvgIpc) is 3.79. The maximum absolute atomic E-state index is 14.0. The molecular weight excluding hydrogens is 604 g/mol. The number of carbonyl (C=O) groups is 1. The maximum Gasteiger partial charge on any atom is 0.419 e. The van der Waals surface area contributed by atoms with Gasteiger partial charge in [0.2, 0.25) is 6.54 Å². The zero-order valence-corrected chi connectivity index (χ0v) is 25.0. The first kappa shape index (κ1) is 31.7. The van der Waals surface area contributed by atoms with Crippen LogP contribution >= 0.6 is 11.6 Å². The number of pyridine rings is 1. The van der Waals surface area contributed by atoms with Gasteiger partial charge in [0.25, 0.3) is 5.91 Å². The molecule has 2 fully saturated rings. The molecule has 1 atom stereocenters. The van der Waals surface area contributed by atoms with E-state index in [0.717, 1.165) is 24.5 Å². The molecule has 0 N–H and O–H groups in total. The molecule has 0 radical (unpaired) electrons. The van der Waals surface area contributed by atoms with Crippen LogP contribution in [0.25, 0.3) is 4.85 Å². The molecule has 2 aromatic rings. The molecule has 1 saturated carbocycles. The average molecular weight is 637 g/mol. The van der Waals surface area contributed by atoms with Crippen molar-refractivity contribution in [1.82, 2.24) is 24.8 Å². The van der Waals surface area contributed by atoms with E-state index >= 15 is 0 Å². The Bertz CT molecular complexity index is 1450. The van der Waals surface area contributed by atoms with Crippen LogP contribution in [0.4, 0.5) is 29.1 Å². The Morgan fingerprint density at radius 1 is 1.23 bits per heavy atom. The second kappa shape index (κ2) is 13.1. The van der Waals surface area contributed by atoms with Crippen molar-refractivity contribution in [3.05, 3.63) is 58.1 Å². The van der Waals surface area contributed by atoms with E-state index in [0.29, 0.717) is 43.5 Å². The number of ether oxygens (including phenoxy) is 1. The lowest BCUT2D eigenvalue weighted by Crippen LogP contribution is -2.57. The second-order valence-corrected chi connectivity index (χ2v) is 11.7. The number of hydrogen-bond acceptors (Lipinski definition) is 8. The van der Waals surface area contributed by atoms with Crippen molar-refractivity contribution >= 4 is 29.0 Å². The lowest BCUT2D eigenvalue weighted by Gasteiger charge is -2.41. The number of carbonyl (C=O) groups excluding carboxylic acids is 1. The minimum Gasteiger partial charge on any atom is -0.462 e. The van der Waals surface area contributed by atoms with Gasteiger partial charge in [0, 0.05) is 51.0 Å². The lowest BCUT2D eigenvalue weighted by molar-refractivity contribution is -0.137. The maximum atomic E-state index is 14.0. The lowest BCUT2D eigenvalue weighted by atomic mass is 10.0. The first-order valence-electron chi connectivity index (χ1n) is 14.4. The van der Waals surface area contributed by atoms with Crippen molar-refractivity contribution in [2.45, 2.75) is 38.0 Å². The molecule has 236 valence electrons. The van der Waals surface area contributed by atoms with Gasteiger partial charge in [0.1, 0.15) is 24.0 Å². The van der Waals surface area contributed by atoms with Gasteiger partial charge < -0.3 is 29.2 Å². The molecule has 1 saturated heterocycles. The number of piperazine rings is 1. The number of rotatable bonds is 10. The summed E-state index contributed by atoms with van der Waals surface area (Å²) in [5, 5.41) is -0.488. The Balaban J connectivity index is 1.44. The highest BCUT2D eigenvalue weighted by Gasteiger charge is 2.40. The Morgan fingerprint density at radius 3 is 2.68 bits per heavy atom. The van der Waals surface area contributed by atoms with E-state index in [1.54, 1.807) is 4.90 Å². The molecule has 0 bridgehead atoms. The van der Waals surface area contributed by atoms with Gasteiger partial charge in [0.05, 0.1) is 29.1 Å². The largest absolute Gasteiger partial charge is 0.462 e. The number of aromatic nitrogens is 3. The minimum absolute atomic E-state index is 0.0273. The molecule has 0 spiro atoms. The highest BCUT2D eigenvalue weighted by Crippen LogP contribution is 2.42. The van der Waals surface area contributed by atoms with Crippen LogP contribution < -0.4 is 14.5 Å². The summed E-state index contributed by atoms with van der Waals surface area (Å²) < 4.78 is 61.7. The third-order valence-corrected chi connectivity index (χ3v) is 8.36. The zero-order chi connectivity index (χ0) is 31.6. The van der Waals surface area contributed by atoms with Crippen molar-refractivity contribution in [1.29, 1.82) is 0 Å². The molecule has 0 unspecified atom stereocenters. The SMILES string of the molecule is [C-]#[N+]C[C@H]1CN(c2nc(OCCN(C)CC3CC3)nc3c2CCN(c2cncc(Cl)c2C(F)(F)F)C3)CCN1C(=O)C(=C)F. The van der Waals surface area contributed by atoms with Crippen LogP contribution in [0.1, 0.15) is 29.7 Å². The number of alkyl halides is 3. The highest BCUT2D eigenvalue weighted by atomic mass is 35.5. The van der Waals surface area contributed by atoms with Gasteiger partial charge in [0.15, 0.2) is 5.83 Å². The van der Waals surface area contributed by atoms with Gasteiger partial charge in [-0.2, -0.15) is 23.1 Å². The summed E-state index contributed by atoms with van der Waals surface area (Å²) in [6, 6.07) is -0.530. The Morgan fingerprint density at radius 2 is 2.00 bits per heavy atom. The number of likely N-dealkylation sites (N-methyl/N-ethyl adjacent to an activating group) is 1. The van der Waals surface area contributed by atoms with Crippen molar-refractivity contribution < 1.29 is 27.1 Å². The van der Waals surface area contributed by atoms with Gasteiger partial charge >= 0.3 is 12.2 Å². The van der Waals surface area contributed by atoms with Crippen LogP contribution in [0.3, 0.4) is 0 Å². The van der Waals surface area contributed by atoms with Gasteiger partial charge in [-0.15, -0.1) is 0 Å². The summed E-state index contributed by atoms with van der Waals surface area (Å²) in [6.07, 6.45) is 0.202. The number of fused-ring (bicyclic) bond motifs is 1. The van der Waals surface area contributed by atoms with Gasteiger partial charge in [-0.1, -0.05) is 18.2 Å². The molecule has 2 aromatic heterocycles.